The van der Waals surface area contributed by atoms with Crippen molar-refractivity contribution in [1.29, 1.82) is 0 Å². The van der Waals surface area contributed by atoms with E-state index in [0.717, 1.165) is 0 Å². The fourth-order valence-corrected chi connectivity index (χ4v) is 1.87. The summed E-state index contributed by atoms with van der Waals surface area (Å²) in [7, 11) is 1.31. The number of carboxylic acids is 1. The van der Waals surface area contributed by atoms with Crippen LogP contribution in [0.5, 0.6) is 0 Å². The minimum atomic E-state index is -1.58. The molecule has 1 atom stereocenters. The average Bonchev–Trinajstić information content (AvgIpc) is 2.45. The van der Waals surface area contributed by atoms with Crippen molar-refractivity contribution in [2.45, 2.75) is 18.9 Å². The molecule has 1 rings (SSSR count). The van der Waals surface area contributed by atoms with Gasteiger partial charge in [-0.2, -0.15) is 0 Å². The van der Waals surface area contributed by atoms with Crippen LogP contribution < -0.4 is 10.6 Å². The number of rotatable bonds is 8. The molecular weight excluding hydrogens is 307 g/mol. The molecule has 0 heterocycles. The fourth-order valence-electron chi connectivity index (χ4n) is 1.87. The van der Waals surface area contributed by atoms with E-state index in [-0.39, 0.29) is 19.6 Å². The number of halogens is 1. The van der Waals surface area contributed by atoms with Crippen LogP contribution >= 0.6 is 0 Å². The second kappa shape index (κ2) is 8.23. The van der Waals surface area contributed by atoms with Crippen molar-refractivity contribution in [3.63, 3.8) is 0 Å². The first-order valence-corrected chi connectivity index (χ1v) is 6.81. The molecule has 0 spiro atoms. The summed E-state index contributed by atoms with van der Waals surface area (Å²) >= 11 is 0. The van der Waals surface area contributed by atoms with Crippen LogP contribution in [0.25, 0.3) is 0 Å². The minimum absolute atomic E-state index is 0.0840. The van der Waals surface area contributed by atoms with Gasteiger partial charge in [-0.15, -0.1) is 0 Å². The lowest BCUT2D eigenvalue weighted by Gasteiger charge is -2.25. The van der Waals surface area contributed by atoms with Crippen molar-refractivity contribution in [3.05, 3.63) is 35.6 Å². The number of aliphatic carboxylic acids is 1. The first-order valence-electron chi connectivity index (χ1n) is 6.81. The van der Waals surface area contributed by atoms with E-state index in [0.29, 0.717) is 5.56 Å². The standard InChI is InChI=1S/C15H19FN2O5/c1-15(9-23-2,14(21)22)18-13(20)8-17-12(19)7-10-4-3-5-11(16)6-10/h3-6H,7-9H2,1-2H3,(H,17,19)(H,18,20)(H,21,22). The molecular formula is C15H19FN2O5. The van der Waals surface area contributed by atoms with Crippen LogP contribution in [0.15, 0.2) is 24.3 Å². The highest BCUT2D eigenvalue weighted by Crippen LogP contribution is 2.05. The molecule has 3 N–H and O–H groups in total. The summed E-state index contributed by atoms with van der Waals surface area (Å²) in [4.78, 5) is 34.6. The summed E-state index contributed by atoms with van der Waals surface area (Å²) in [5, 5.41) is 13.7. The molecule has 1 aromatic rings. The Bertz CT molecular complexity index is 593. The first kappa shape index (κ1) is 18.6. The molecule has 0 saturated heterocycles. The molecule has 0 fully saturated rings. The minimum Gasteiger partial charge on any atom is -0.479 e. The summed E-state index contributed by atoms with van der Waals surface area (Å²) in [5.74, 6) is -2.85. The van der Waals surface area contributed by atoms with Crippen molar-refractivity contribution < 1.29 is 28.6 Å². The maximum Gasteiger partial charge on any atom is 0.331 e. The highest BCUT2D eigenvalue weighted by atomic mass is 19.1. The first-order chi connectivity index (χ1) is 10.8. The van der Waals surface area contributed by atoms with E-state index in [9.17, 15) is 18.8 Å². The molecule has 8 heteroatoms. The Labute approximate surface area is 132 Å². The molecule has 0 radical (unpaired) electrons. The van der Waals surface area contributed by atoms with Gasteiger partial charge in [0, 0.05) is 7.11 Å². The maximum absolute atomic E-state index is 13.0. The monoisotopic (exact) mass is 326 g/mol. The van der Waals surface area contributed by atoms with Crippen LogP contribution in [0.2, 0.25) is 0 Å². The third-order valence-electron chi connectivity index (χ3n) is 3.02. The second-order valence-electron chi connectivity index (χ2n) is 5.20. The topological polar surface area (TPSA) is 105 Å². The van der Waals surface area contributed by atoms with Gasteiger partial charge in [-0.1, -0.05) is 12.1 Å². The van der Waals surface area contributed by atoms with E-state index >= 15 is 0 Å². The van der Waals surface area contributed by atoms with Crippen molar-refractivity contribution >= 4 is 17.8 Å². The second-order valence-corrected chi connectivity index (χ2v) is 5.20. The van der Waals surface area contributed by atoms with Crippen molar-refractivity contribution in [2.24, 2.45) is 0 Å². The lowest BCUT2D eigenvalue weighted by Crippen LogP contribution is -2.57. The van der Waals surface area contributed by atoms with Crippen LogP contribution in [-0.4, -0.2) is 48.7 Å². The highest BCUT2D eigenvalue weighted by molar-refractivity contribution is 5.90. The third-order valence-corrected chi connectivity index (χ3v) is 3.02. The predicted molar refractivity (Wildman–Crippen MR) is 79.2 cm³/mol. The summed E-state index contributed by atoms with van der Waals surface area (Å²) in [5.41, 5.74) is -1.11. The molecule has 0 bridgehead atoms. The van der Waals surface area contributed by atoms with Gasteiger partial charge in [0.15, 0.2) is 5.54 Å². The largest absolute Gasteiger partial charge is 0.479 e. The van der Waals surface area contributed by atoms with E-state index < -0.39 is 29.1 Å². The van der Waals surface area contributed by atoms with E-state index in [1.54, 1.807) is 6.07 Å². The van der Waals surface area contributed by atoms with Gasteiger partial charge in [0.05, 0.1) is 19.6 Å². The van der Waals surface area contributed by atoms with E-state index in [1.807, 2.05) is 0 Å². The molecule has 126 valence electrons. The molecule has 2 amide bonds. The van der Waals surface area contributed by atoms with Crippen molar-refractivity contribution in [1.82, 2.24) is 10.6 Å². The number of hydrogen-bond acceptors (Lipinski definition) is 4. The lowest BCUT2D eigenvalue weighted by molar-refractivity contribution is -0.149. The normalized spacial score (nSPS) is 13.0. The number of nitrogens with one attached hydrogen (secondary N) is 2. The number of methoxy groups -OCH3 is 1. The Balaban J connectivity index is 2.49. The quantitative estimate of drug-likeness (QED) is 0.628. The molecule has 0 aliphatic heterocycles. The summed E-state index contributed by atoms with van der Waals surface area (Å²) in [6, 6.07) is 5.55. The number of hydrogen-bond donors (Lipinski definition) is 3. The number of carboxylic acid groups (broad SMARTS) is 1. The van der Waals surface area contributed by atoms with Gasteiger partial charge < -0.3 is 20.5 Å². The highest BCUT2D eigenvalue weighted by Gasteiger charge is 2.34. The number of amides is 2. The van der Waals surface area contributed by atoms with Crippen molar-refractivity contribution in [2.75, 3.05) is 20.3 Å². The smallest absolute Gasteiger partial charge is 0.331 e. The number of ether oxygens (including phenoxy) is 1. The average molecular weight is 326 g/mol. The summed E-state index contributed by atoms with van der Waals surface area (Å²) in [6.07, 6.45) is -0.0840. The Kier molecular flexibility index (Phi) is 6.65. The molecule has 7 nitrogen and oxygen atoms in total. The maximum atomic E-state index is 13.0. The van der Waals surface area contributed by atoms with E-state index in [2.05, 4.69) is 10.6 Å². The van der Waals surface area contributed by atoms with Gasteiger partial charge in [0.2, 0.25) is 11.8 Å². The van der Waals surface area contributed by atoms with E-state index in [1.165, 1.54) is 32.2 Å². The third kappa shape index (κ3) is 6.03. The van der Waals surface area contributed by atoms with E-state index in [4.69, 9.17) is 9.84 Å². The van der Waals surface area contributed by atoms with Gasteiger partial charge in [-0.3, -0.25) is 9.59 Å². The predicted octanol–water partition coefficient (Wildman–Crippen LogP) is 0.0903. The van der Waals surface area contributed by atoms with Gasteiger partial charge in [0.25, 0.3) is 0 Å². The lowest BCUT2D eigenvalue weighted by atomic mass is 10.0. The number of carbonyl (C=O) groups is 3. The Morgan fingerprint density at radius 1 is 1.30 bits per heavy atom. The summed E-state index contributed by atoms with van der Waals surface area (Å²) in [6.45, 7) is 0.692. The zero-order chi connectivity index (χ0) is 17.5. The Morgan fingerprint density at radius 2 is 2.00 bits per heavy atom. The zero-order valence-corrected chi connectivity index (χ0v) is 12.9. The molecule has 23 heavy (non-hydrogen) atoms. The summed E-state index contributed by atoms with van der Waals surface area (Å²) < 4.78 is 17.8. The molecule has 0 aliphatic carbocycles. The van der Waals surface area contributed by atoms with Gasteiger partial charge in [-0.25, -0.2) is 9.18 Å². The van der Waals surface area contributed by atoms with Crippen LogP contribution in [0.1, 0.15) is 12.5 Å². The van der Waals surface area contributed by atoms with Crippen LogP contribution in [-0.2, 0) is 25.5 Å². The van der Waals surface area contributed by atoms with Gasteiger partial charge in [0.1, 0.15) is 5.82 Å². The number of carbonyl (C=O) groups excluding carboxylic acids is 2. The molecule has 0 aliphatic rings. The molecule has 1 aromatic carbocycles. The molecule has 0 aromatic heterocycles. The Hall–Kier alpha value is -2.48. The number of benzene rings is 1. The van der Waals surface area contributed by atoms with Gasteiger partial charge >= 0.3 is 5.97 Å². The zero-order valence-electron chi connectivity index (χ0n) is 12.9. The van der Waals surface area contributed by atoms with Crippen LogP contribution in [0.4, 0.5) is 4.39 Å². The van der Waals surface area contributed by atoms with Gasteiger partial charge in [-0.05, 0) is 24.6 Å². The van der Waals surface area contributed by atoms with Crippen LogP contribution in [0.3, 0.4) is 0 Å². The fraction of sp³-hybridized carbons (Fsp3) is 0.400. The molecule has 0 saturated carbocycles. The van der Waals surface area contributed by atoms with Crippen molar-refractivity contribution in [3.8, 4) is 0 Å². The molecule has 1 unspecified atom stereocenters. The van der Waals surface area contributed by atoms with Crippen LogP contribution in [0, 0.1) is 5.82 Å². The Morgan fingerprint density at radius 3 is 2.57 bits per heavy atom. The SMILES string of the molecule is COCC(C)(NC(=O)CNC(=O)Cc1cccc(F)c1)C(=O)O.